The molecule has 28 heavy (non-hydrogen) atoms. The van der Waals surface area contributed by atoms with Gasteiger partial charge in [0.2, 0.25) is 5.91 Å². The molecular weight excluding hydrogens is 358 g/mol. The van der Waals surface area contributed by atoms with E-state index in [9.17, 15) is 14.4 Å². The smallest absolute Gasteiger partial charge is 0.332 e. The number of likely N-dealkylation sites (tertiary alicyclic amines) is 1. The zero-order valence-corrected chi connectivity index (χ0v) is 16.5. The number of piperazine rings is 1. The van der Waals surface area contributed by atoms with Gasteiger partial charge in [0.05, 0.1) is 24.0 Å². The van der Waals surface area contributed by atoms with Gasteiger partial charge in [-0.2, -0.15) is 5.26 Å². The van der Waals surface area contributed by atoms with Crippen molar-refractivity contribution in [2.24, 2.45) is 5.41 Å². The summed E-state index contributed by atoms with van der Waals surface area (Å²) in [6.45, 7) is 8.23. The lowest BCUT2D eigenvalue weighted by molar-refractivity contribution is -0.137. The van der Waals surface area contributed by atoms with E-state index in [4.69, 9.17) is 5.26 Å². The molecule has 3 aliphatic heterocycles. The molecule has 0 aromatic carbocycles. The number of fused-ring (bicyclic) bond motifs is 5. The van der Waals surface area contributed by atoms with Crippen molar-refractivity contribution in [2.45, 2.75) is 58.7 Å². The maximum atomic E-state index is 13.1. The van der Waals surface area contributed by atoms with Gasteiger partial charge in [0, 0.05) is 13.0 Å². The van der Waals surface area contributed by atoms with Crippen LogP contribution < -0.4 is 4.90 Å². The second-order valence-electron chi connectivity index (χ2n) is 9.02. The van der Waals surface area contributed by atoms with Gasteiger partial charge in [0.25, 0.3) is 5.91 Å². The highest BCUT2D eigenvalue weighted by Crippen LogP contribution is 2.43. The third-order valence-corrected chi connectivity index (χ3v) is 5.69. The summed E-state index contributed by atoms with van der Waals surface area (Å²) in [6, 6.07) is 2.22. The van der Waals surface area contributed by atoms with Crippen LogP contribution in [-0.4, -0.2) is 57.3 Å². The molecule has 3 saturated heterocycles. The van der Waals surface area contributed by atoms with Crippen LogP contribution in [0.1, 0.15) is 44.9 Å². The molecule has 0 spiro atoms. The summed E-state index contributed by atoms with van der Waals surface area (Å²) in [5.74, 6) is -0.286. The lowest BCUT2D eigenvalue weighted by atomic mass is 9.91. The first-order valence-electron chi connectivity index (χ1n) is 9.45. The summed E-state index contributed by atoms with van der Waals surface area (Å²) < 4.78 is 0. The Morgan fingerprint density at radius 1 is 1.36 bits per heavy atom. The van der Waals surface area contributed by atoms with Gasteiger partial charge in [-0.05, 0) is 30.4 Å². The van der Waals surface area contributed by atoms with Crippen LogP contribution in [0.25, 0.3) is 0 Å². The van der Waals surface area contributed by atoms with Gasteiger partial charge in [-0.1, -0.05) is 20.8 Å². The summed E-state index contributed by atoms with van der Waals surface area (Å²) in [7, 11) is 0. The van der Waals surface area contributed by atoms with Crippen molar-refractivity contribution in [1.29, 1.82) is 5.26 Å². The van der Waals surface area contributed by atoms with Gasteiger partial charge in [-0.15, -0.1) is 0 Å². The molecule has 3 atom stereocenters. The Morgan fingerprint density at radius 2 is 2.07 bits per heavy atom. The summed E-state index contributed by atoms with van der Waals surface area (Å²) in [5.41, 5.74) is 1.11. The predicted octanol–water partition coefficient (Wildman–Crippen LogP) is 1.82. The lowest BCUT2D eigenvalue weighted by Crippen LogP contribution is -2.55. The van der Waals surface area contributed by atoms with Crippen LogP contribution in [0.3, 0.4) is 0 Å². The highest BCUT2D eigenvalue weighted by molar-refractivity contribution is 6.22. The molecule has 3 aliphatic rings. The quantitative estimate of drug-likeness (QED) is 0.728. The Bertz CT molecular complexity index is 929. The molecule has 4 amide bonds. The Morgan fingerprint density at radius 3 is 2.68 bits per heavy atom. The van der Waals surface area contributed by atoms with Crippen LogP contribution in [-0.2, 0) is 9.59 Å². The highest BCUT2D eigenvalue weighted by atomic mass is 16.2. The monoisotopic (exact) mass is 381 g/mol. The number of aromatic nitrogens is 1. The van der Waals surface area contributed by atoms with E-state index in [0.29, 0.717) is 30.6 Å². The molecule has 0 N–H and O–H groups in total. The molecule has 2 bridgehead atoms. The topological polar surface area (TPSA) is 97.6 Å². The summed E-state index contributed by atoms with van der Waals surface area (Å²) in [4.78, 5) is 47.5. The van der Waals surface area contributed by atoms with Crippen LogP contribution in [0.2, 0.25) is 0 Å². The number of carbonyl (C=O) groups excluding carboxylic acids is 3. The fraction of sp³-hybridized carbons (Fsp3) is 0.550. The largest absolute Gasteiger partial charge is 0.335 e. The first-order valence-corrected chi connectivity index (χ1v) is 9.45. The molecule has 8 heteroatoms. The van der Waals surface area contributed by atoms with Crippen molar-refractivity contribution >= 4 is 23.5 Å². The fourth-order valence-corrected chi connectivity index (χ4v) is 4.54. The molecule has 3 fully saturated rings. The zero-order chi connectivity index (χ0) is 20.4. The van der Waals surface area contributed by atoms with E-state index < -0.39 is 6.04 Å². The van der Waals surface area contributed by atoms with Crippen molar-refractivity contribution in [3.05, 3.63) is 23.5 Å². The number of anilines is 1. The molecule has 4 rings (SSSR count). The predicted molar refractivity (Wildman–Crippen MR) is 100 cm³/mol. The number of nitrogens with zero attached hydrogens (tertiary/aromatic N) is 5. The number of carbonyl (C=O) groups is 3. The minimum Gasteiger partial charge on any atom is -0.335 e. The standard InChI is InChI=1S/C20H23N5O3/c1-11-5-12(9-22-14(11)8-21)25-18(27)17-15-6-13(24(17)19(25)28)10-23(15)16(26)7-20(2,3)4/h5,9,13,15,17H,6-7,10H2,1-4H3/t13?,15?,17-/m0/s1. The normalized spacial score (nSPS) is 26.1. The Labute approximate surface area is 163 Å². The minimum absolute atomic E-state index is 0.0363. The fourth-order valence-electron chi connectivity index (χ4n) is 4.54. The van der Waals surface area contributed by atoms with Gasteiger partial charge in [0.1, 0.15) is 17.8 Å². The molecule has 4 heterocycles. The van der Waals surface area contributed by atoms with Crippen LogP contribution in [0, 0.1) is 23.7 Å². The van der Waals surface area contributed by atoms with Crippen LogP contribution >= 0.6 is 0 Å². The highest BCUT2D eigenvalue weighted by Gasteiger charge is 2.62. The number of aryl methyl sites for hydroxylation is 1. The van der Waals surface area contributed by atoms with E-state index in [-0.39, 0.29) is 41.0 Å². The molecule has 146 valence electrons. The van der Waals surface area contributed by atoms with Crippen molar-refractivity contribution in [3.63, 3.8) is 0 Å². The SMILES string of the molecule is Cc1cc(N2C(=O)[C@@H]3C4CC(CN4C(=O)CC(C)(C)C)N3C2=O)cnc1C#N. The first kappa shape index (κ1) is 18.4. The van der Waals surface area contributed by atoms with E-state index in [1.165, 1.54) is 6.20 Å². The van der Waals surface area contributed by atoms with Crippen LogP contribution in [0.5, 0.6) is 0 Å². The zero-order valence-electron chi connectivity index (χ0n) is 16.5. The second kappa shape index (κ2) is 6.03. The molecule has 0 saturated carbocycles. The van der Waals surface area contributed by atoms with Gasteiger partial charge in [-0.25, -0.2) is 14.7 Å². The molecular formula is C20H23N5O3. The Balaban J connectivity index is 1.61. The van der Waals surface area contributed by atoms with Gasteiger partial charge in [0.15, 0.2) is 0 Å². The third kappa shape index (κ3) is 2.65. The van der Waals surface area contributed by atoms with E-state index in [1.54, 1.807) is 22.8 Å². The Hall–Kier alpha value is -2.95. The molecule has 0 radical (unpaired) electrons. The summed E-state index contributed by atoms with van der Waals surface area (Å²) in [5, 5.41) is 9.04. The van der Waals surface area contributed by atoms with E-state index >= 15 is 0 Å². The lowest BCUT2D eigenvalue weighted by Gasteiger charge is -2.36. The van der Waals surface area contributed by atoms with Crippen LogP contribution in [0.15, 0.2) is 12.3 Å². The van der Waals surface area contributed by atoms with Crippen molar-refractivity contribution < 1.29 is 14.4 Å². The summed E-state index contributed by atoms with van der Waals surface area (Å²) >= 11 is 0. The average Bonchev–Trinajstić information content (AvgIpc) is 3.25. The second-order valence-corrected chi connectivity index (χ2v) is 9.02. The molecule has 1 aromatic rings. The van der Waals surface area contributed by atoms with Crippen molar-refractivity contribution in [2.75, 3.05) is 11.4 Å². The van der Waals surface area contributed by atoms with Crippen molar-refractivity contribution in [3.8, 4) is 6.07 Å². The summed E-state index contributed by atoms with van der Waals surface area (Å²) in [6.07, 6.45) is 2.44. The number of pyridine rings is 1. The van der Waals surface area contributed by atoms with Crippen molar-refractivity contribution in [1.82, 2.24) is 14.8 Å². The number of amides is 4. The molecule has 0 aliphatic carbocycles. The van der Waals surface area contributed by atoms with E-state index in [1.807, 2.05) is 26.8 Å². The van der Waals surface area contributed by atoms with Gasteiger partial charge >= 0.3 is 6.03 Å². The first-order chi connectivity index (χ1) is 13.1. The average molecular weight is 381 g/mol. The number of urea groups is 1. The minimum atomic E-state index is -0.633. The Kier molecular flexibility index (Phi) is 3.96. The molecule has 8 nitrogen and oxygen atoms in total. The number of hydrogen-bond acceptors (Lipinski definition) is 5. The maximum absolute atomic E-state index is 13.1. The van der Waals surface area contributed by atoms with E-state index in [2.05, 4.69) is 4.98 Å². The molecule has 2 unspecified atom stereocenters. The number of imide groups is 1. The number of nitriles is 1. The van der Waals surface area contributed by atoms with Gasteiger partial charge < -0.3 is 9.80 Å². The van der Waals surface area contributed by atoms with Crippen LogP contribution in [0.4, 0.5) is 10.5 Å². The third-order valence-electron chi connectivity index (χ3n) is 5.69. The molecule has 1 aromatic heterocycles. The number of rotatable bonds is 2. The maximum Gasteiger partial charge on any atom is 0.332 e. The number of hydrogen-bond donors (Lipinski definition) is 0. The van der Waals surface area contributed by atoms with E-state index in [0.717, 1.165) is 4.90 Å². The van der Waals surface area contributed by atoms with Gasteiger partial charge in [-0.3, -0.25) is 9.59 Å².